The molecule has 2 aromatic rings. The molecule has 9 heteroatoms. The maximum atomic E-state index is 11.5. The quantitative estimate of drug-likeness (QED) is 0.629. The molecule has 23 heavy (non-hydrogen) atoms. The topological polar surface area (TPSA) is 127 Å². The highest BCUT2D eigenvalue weighted by Gasteiger charge is 2.18. The molecular weight excluding hydrogens is 306 g/mol. The molecule has 0 saturated heterocycles. The number of aromatic nitrogens is 2. The van der Waals surface area contributed by atoms with E-state index < -0.39 is 21.9 Å². The Morgan fingerprint density at radius 1 is 1.13 bits per heavy atom. The standard InChI is InChI=1S/C14H13N3O6/c1-22-9-5-3-8(11(7-9)23-2)4-6-10-12(17(20)21)13(18)16-14(19)15-10/h3-7H,1-2H3,(H2,15,16,18,19)/b6-4-. The number of nitrogens with one attached hydrogen (secondary N) is 2. The Balaban J connectivity index is 2.51. The number of ether oxygens (including phenoxy) is 2. The Kier molecular flexibility index (Phi) is 4.60. The van der Waals surface area contributed by atoms with Crippen LogP contribution in [0, 0.1) is 10.1 Å². The highest BCUT2D eigenvalue weighted by molar-refractivity contribution is 5.74. The van der Waals surface area contributed by atoms with Gasteiger partial charge in [-0.25, -0.2) is 4.79 Å². The van der Waals surface area contributed by atoms with E-state index in [2.05, 4.69) is 4.98 Å². The van der Waals surface area contributed by atoms with E-state index in [0.29, 0.717) is 17.1 Å². The molecule has 0 aliphatic heterocycles. The third kappa shape index (κ3) is 3.46. The zero-order valence-corrected chi connectivity index (χ0v) is 12.3. The van der Waals surface area contributed by atoms with Gasteiger partial charge in [0.2, 0.25) is 0 Å². The zero-order chi connectivity index (χ0) is 17.0. The second-order valence-corrected chi connectivity index (χ2v) is 4.37. The van der Waals surface area contributed by atoms with Crippen molar-refractivity contribution in [1.29, 1.82) is 0 Å². The van der Waals surface area contributed by atoms with Gasteiger partial charge in [-0.15, -0.1) is 0 Å². The fourth-order valence-electron chi connectivity index (χ4n) is 1.93. The first-order valence-corrected chi connectivity index (χ1v) is 6.37. The summed E-state index contributed by atoms with van der Waals surface area (Å²) >= 11 is 0. The van der Waals surface area contributed by atoms with Crippen LogP contribution in [0.15, 0.2) is 27.8 Å². The van der Waals surface area contributed by atoms with Crippen molar-refractivity contribution in [3.05, 3.63) is 60.4 Å². The first kappa shape index (κ1) is 16.0. The second kappa shape index (κ2) is 6.60. The Hall–Kier alpha value is -3.36. The number of aromatic amines is 2. The molecule has 120 valence electrons. The lowest BCUT2D eigenvalue weighted by molar-refractivity contribution is -0.386. The Bertz CT molecular complexity index is 881. The Labute approximate surface area is 129 Å². The number of H-pyrrole nitrogens is 2. The normalized spacial score (nSPS) is 10.7. The summed E-state index contributed by atoms with van der Waals surface area (Å²) in [5, 5.41) is 11.0. The number of rotatable bonds is 5. The summed E-state index contributed by atoms with van der Waals surface area (Å²) in [4.78, 5) is 37.0. The van der Waals surface area contributed by atoms with Crippen molar-refractivity contribution in [2.24, 2.45) is 0 Å². The van der Waals surface area contributed by atoms with Crippen molar-refractivity contribution in [3.63, 3.8) is 0 Å². The van der Waals surface area contributed by atoms with Gasteiger partial charge in [-0.1, -0.05) is 0 Å². The van der Waals surface area contributed by atoms with Crippen LogP contribution in [0.1, 0.15) is 11.3 Å². The highest BCUT2D eigenvalue weighted by Crippen LogP contribution is 2.26. The average molecular weight is 319 g/mol. The van der Waals surface area contributed by atoms with Crippen molar-refractivity contribution in [2.45, 2.75) is 0 Å². The van der Waals surface area contributed by atoms with Crippen LogP contribution in [0.3, 0.4) is 0 Å². The summed E-state index contributed by atoms with van der Waals surface area (Å²) in [6.45, 7) is 0. The van der Waals surface area contributed by atoms with Crippen LogP contribution in [0.4, 0.5) is 5.69 Å². The van der Waals surface area contributed by atoms with Crippen molar-refractivity contribution in [1.82, 2.24) is 9.97 Å². The summed E-state index contributed by atoms with van der Waals surface area (Å²) in [7, 11) is 2.97. The molecule has 0 aliphatic carbocycles. The molecule has 9 nitrogen and oxygen atoms in total. The van der Waals surface area contributed by atoms with Crippen LogP contribution in [0.2, 0.25) is 0 Å². The van der Waals surface area contributed by atoms with Gasteiger partial charge in [-0.3, -0.25) is 19.9 Å². The molecule has 0 spiro atoms. The second-order valence-electron chi connectivity index (χ2n) is 4.37. The first-order chi connectivity index (χ1) is 11.0. The molecule has 2 rings (SSSR count). The minimum Gasteiger partial charge on any atom is -0.497 e. The van der Waals surface area contributed by atoms with Crippen LogP contribution >= 0.6 is 0 Å². The van der Waals surface area contributed by atoms with Crippen LogP contribution < -0.4 is 20.7 Å². The molecule has 0 unspecified atom stereocenters. The number of benzene rings is 1. The minimum absolute atomic E-state index is 0.207. The SMILES string of the molecule is COc1ccc(/C=C\c2[nH]c(=O)[nH]c(=O)c2[N+](=O)[O-])c(OC)c1. The maximum Gasteiger partial charge on any atom is 0.357 e. The molecule has 0 fully saturated rings. The van der Waals surface area contributed by atoms with Gasteiger partial charge in [0.05, 0.1) is 19.1 Å². The average Bonchev–Trinajstić information content (AvgIpc) is 2.51. The predicted molar refractivity (Wildman–Crippen MR) is 82.8 cm³/mol. The monoisotopic (exact) mass is 319 g/mol. The summed E-state index contributed by atoms with van der Waals surface area (Å²) in [5.41, 5.74) is -2.26. The number of methoxy groups -OCH3 is 2. The third-order valence-electron chi connectivity index (χ3n) is 3.00. The van der Waals surface area contributed by atoms with Crippen molar-refractivity contribution in [2.75, 3.05) is 14.2 Å². The van der Waals surface area contributed by atoms with E-state index in [1.807, 2.05) is 4.98 Å². The largest absolute Gasteiger partial charge is 0.497 e. The van der Waals surface area contributed by atoms with E-state index in [-0.39, 0.29) is 5.69 Å². The lowest BCUT2D eigenvalue weighted by atomic mass is 10.1. The molecule has 1 aromatic carbocycles. The smallest absolute Gasteiger partial charge is 0.357 e. The van der Waals surface area contributed by atoms with Crippen LogP contribution in [-0.2, 0) is 0 Å². The van der Waals surface area contributed by atoms with Gasteiger partial charge in [0, 0.05) is 11.6 Å². The van der Waals surface area contributed by atoms with E-state index in [4.69, 9.17) is 9.47 Å². The van der Waals surface area contributed by atoms with Gasteiger partial charge < -0.3 is 14.5 Å². The van der Waals surface area contributed by atoms with E-state index in [1.165, 1.54) is 26.4 Å². The first-order valence-electron chi connectivity index (χ1n) is 6.37. The molecule has 0 amide bonds. The van der Waals surface area contributed by atoms with Crippen molar-refractivity contribution in [3.8, 4) is 11.5 Å². The lowest BCUT2D eigenvalue weighted by Crippen LogP contribution is -2.25. The van der Waals surface area contributed by atoms with E-state index in [0.717, 1.165) is 0 Å². The van der Waals surface area contributed by atoms with E-state index in [1.54, 1.807) is 18.2 Å². The van der Waals surface area contributed by atoms with Gasteiger partial charge in [-0.05, 0) is 24.3 Å². The number of hydrogen-bond donors (Lipinski definition) is 2. The van der Waals surface area contributed by atoms with Gasteiger partial charge in [-0.2, -0.15) is 0 Å². The zero-order valence-electron chi connectivity index (χ0n) is 12.3. The number of hydrogen-bond acceptors (Lipinski definition) is 6. The maximum absolute atomic E-state index is 11.5. The molecule has 0 atom stereocenters. The molecule has 1 heterocycles. The van der Waals surface area contributed by atoms with Gasteiger partial charge in [0.1, 0.15) is 17.2 Å². The minimum atomic E-state index is -1.07. The Morgan fingerprint density at radius 2 is 1.87 bits per heavy atom. The summed E-state index contributed by atoms with van der Waals surface area (Å²) < 4.78 is 10.3. The highest BCUT2D eigenvalue weighted by atomic mass is 16.6. The van der Waals surface area contributed by atoms with E-state index in [9.17, 15) is 19.7 Å². The summed E-state index contributed by atoms with van der Waals surface area (Å²) in [6, 6.07) is 4.98. The number of nitrogens with zero attached hydrogens (tertiary/aromatic N) is 1. The van der Waals surface area contributed by atoms with Gasteiger partial charge >= 0.3 is 16.9 Å². The third-order valence-corrected chi connectivity index (χ3v) is 3.00. The van der Waals surface area contributed by atoms with Crippen molar-refractivity contribution < 1.29 is 14.4 Å². The predicted octanol–water partition coefficient (Wildman–Crippen LogP) is 1.16. The van der Waals surface area contributed by atoms with Gasteiger partial charge in [0.25, 0.3) is 0 Å². The summed E-state index contributed by atoms with van der Waals surface area (Å²) in [5.74, 6) is 1.05. The number of nitro groups is 1. The Morgan fingerprint density at radius 3 is 2.48 bits per heavy atom. The fourth-order valence-corrected chi connectivity index (χ4v) is 1.93. The molecule has 0 saturated carbocycles. The van der Waals surface area contributed by atoms with Crippen LogP contribution in [0.5, 0.6) is 11.5 Å². The molecule has 1 aromatic heterocycles. The van der Waals surface area contributed by atoms with E-state index >= 15 is 0 Å². The van der Waals surface area contributed by atoms with Crippen LogP contribution in [-0.4, -0.2) is 29.1 Å². The fraction of sp³-hybridized carbons (Fsp3) is 0.143. The molecule has 0 aliphatic rings. The van der Waals surface area contributed by atoms with Crippen LogP contribution in [0.25, 0.3) is 12.2 Å². The molecule has 0 radical (unpaired) electrons. The van der Waals surface area contributed by atoms with Gasteiger partial charge in [0.15, 0.2) is 0 Å². The molecular formula is C14H13N3O6. The summed E-state index contributed by atoms with van der Waals surface area (Å²) in [6.07, 6.45) is 2.75. The van der Waals surface area contributed by atoms with Crippen molar-refractivity contribution >= 4 is 17.8 Å². The molecule has 0 bridgehead atoms. The molecule has 2 N–H and O–H groups in total. The lowest BCUT2D eigenvalue weighted by Gasteiger charge is -2.07.